The number of carbonyl (C=O) groups is 3. The molecule has 3 aliphatic rings. The van der Waals surface area contributed by atoms with Gasteiger partial charge in [-0.3, -0.25) is 23.7 Å². The number of hydrogen-bond donors (Lipinski definition) is 0. The van der Waals surface area contributed by atoms with Gasteiger partial charge in [-0.15, -0.1) is 0 Å². The summed E-state index contributed by atoms with van der Waals surface area (Å²) in [7, 11) is 0. The lowest BCUT2D eigenvalue weighted by atomic mass is 9.83. The van der Waals surface area contributed by atoms with E-state index in [2.05, 4.69) is 18.7 Å². The number of likely N-dealkylation sites (tertiary alicyclic amines) is 1. The molecule has 2 saturated heterocycles. The highest BCUT2D eigenvalue weighted by Crippen LogP contribution is 2.54. The van der Waals surface area contributed by atoms with Crippen LogP contribution in [0, 0.1) is 11.7 Å². The fraction of sp³-hybridized carbons (Fsp3) is 0.419. The molecule has 2 aromatic carbocycles. The Balaban J connectivity index is 1.43. The van der Waals surface area contributed by atoms with E-state index in [4.69, 9.17) is 0 Å². The fourth-order valence-corrected chi connectivity index (χ4v) is 9.09. The maximum atomic E-state index is 14.0. The van der Waals surface area contributed by atoms with E-state index in [0.29, 0.717) is 28.7 Å². The molecule has 1 aromatic heterocycles. The number of amides is 3. The molecule has 3 aliphatic heterocycles. The predicted molar refractivity (Wildman–Crippen MR) is 163 cm³/mol. The first-order valence-electron chi connectivity index (χ1n) is 14.5. The molecule has 0 N–H and O–H groups in total. The summed E-state index contributed by atoms with van der Waals surface area (Å²) in [6.07, 6.45) is 2.98. The van der Waals surface area contributed by atoms with E-state index in [1.54, 1.807) is 4.90 Å². The number of thiazole rings is 1. The summed E-state index contributed by atoms with van der Waals surface area (Å²) >= 11 is 2.25. The zero-order valence-electron chi connectivity index (χ0n) is 23.6. The Labute approximate surface area is 252 Å². The number of thioether (sulfide) groups is 1. The number of hydrogen-bond acceptors (Lipinski definition) is 7. The third kappa shape index (κ3) is 4.96. The number of nitrogens with zero attached hydrogens (tertiary/aromatic N) is 4. The van der Waals surface area contributed by atoms with Crippen molar-refractivity contribution in [3.63, 3.8) is 0 Å². The van der Waals surface area contributed by atoms with Crippen molar-refractivity contribution in [1.29, 1.82) is 0 Å². The van der Waals surface area contributed by atoms with Crippen molar-refractivity contribution in [3.8, 4) is 0 Å². The van der Waals surface area contributed by atoms with Crippen molar-refractivity contribution in [2.24, 2.45) is 5.92 Å². The lowest BCUT2D eigenvalue weighted by molar-refractivity contribution is -0.133. The number of aromatic nitrogens is 1. The van der Waals surface area contributed by atoms with Crippen LogP contribution < -0.4 is 14.7 Å². The second-order valence-corrected chi connectivity index (χ2v) is 13.0. The van der Waals surface area contributed by atoms with Crippen LogP contribution in [0.1, 0.15) is 49.5 Å². The number of rotatable bonds is 7. The van der Waals surface area contributed by atoms with E-state index in [-0.39, 0.29) is 23.2 Å². The molecule has 0 unspecified atom stereocenters. The van der Waals surface area contributed by atoms with Crippen LogP contribution in [0.25, 0.3) is 0 Å². The first-order chi connectivity index (χ1) is 20.3. The molecule has 0 bridgehead atoms. The molecule has 3 amide bonds. The normalized spacial score (nSPS) is 21.8. The average Bonchev–Trinajstić information content (AvgIpc) is 3.45. The molecule has 6 rings (SSSR count). The number of imide groups is 1. The molecule has 0 spiro atoms. The van der Waals surface area contributed by atoms with Crippen molar-refractivity contribution >= 4 is 52.2 Å². The van der Waals surface area contributed by atoms with Gasteiger partial charge in [0, 0.05) is 42.7 Å². The lowest BCUT2D eigenvalue weighted by Gasteiger charge is -2.31. The van der Waals surface area contributed by atoms with Crippen molar-refractivity contribution in [1.82, 2.24) is 9.47 Å². The number of anilines is 2. The smallest absolute Gasteiger partial charge is 0.308 e. The number of benzene rings is 2. The topological polar surface area (TPSA) is 82.9 Å². The van der Waals surface area contributed by atoms with Crippen LogP contribution in [0.15, 0.2) is 58.4 Å². The van der Waals surface area contributed by atoms with Crippen molar-refractivity contribution in [2.45, 2.75) is 55.8 Å². The first kappa shape index (κ1) is 28.7. The van der Waals surface area contributed by atoms with E-state index in [0.717, 1.165) is 59.8 Å². The fourth-order valence-electron chi connectivity index (χ4n) is 6.32. The number of carbonyl (C=O) groups excluding carboxylic acids is 3. The Morgan fingerprint density at radius 2 is 1.60 bits per heavy atom. The van der Waals surface area contributed by atoms with Gasteiger partial charge in [0.25, 0.3) is 0 Å². The standard InChI is InChI=1S/C31H33FN4O4S2/c1-3-33(4-2)21-12-8-19(9-13-21)24-25-26(29(39)36(28(25)38)22-14-10-20(32)11-15-22)41-30-27(24)42-31(40)35(30)18-23(37)34-16-6-5-7-17-34/h8-15,24-26H,3-7,16-18H2,1-2H3/t24-,25-,26+/m0/s1. The molecule has 42 heavy (non-hydrogen) atoms. The van der Waals surface area contributed by atoms with Gasteiger partial charge in [0.1, 0.15) is 17.6 Å². The third-order valence-electron chi connectivity index (χ3n) is 8.52. The molecular formula is C31H33FN4O4S2. The molecule has 0 saturated carbocycles. The van der Waals surface area contributed by atoms with Crippen LogP contribution in [0.2, 0.25) is 0 Å². The number of halogens is 1. The van der Waals surface area contributed by atoms with Crippen molar-refractivity contribution in [3.05, 3.63) is 74.5 Å². The van der Waals surface area contributed by atoms with Gasteiger partial charge in [0.05, 0.1) is 16.6 Å². The SMILES string of the molecule is CCN(CC)c1ccc([C@@H]2c3sc(=O)n(CC(=O)N4CCCCC4)c3S[C@H]3C(=O)N(c4ccc(F)cc4)C(=O)[C@@H]23)cc1. The molecule has 2 fully saturated rings. The Morgan fingerprint density at radius 3 is 2.24 bits per heavy atom. The Hall–Kier alpha value is -3.44. The average molecular weight is 609 g/mol. The monoisotopic (exact) mass is 608 g/mol. The highest BCUT2D eigenvalue weighted by Gasteiger charge is 2.56. The highest BCUT2D eigenvalue weighted by atomic mass is 32.2. The Bertz CT molecular complexity index is 1560. The third-order valence-corrected chi connectivity index (χ3v) is 11.1. The molecule has 3 atom stereocenters. The molecule has 0 radical (unpaired) electrons. The van der Waals surface area contributed by atoms with Crippen LogP contribution in [0.3, 0.4) is 0 Å². The molecule has 4 heterocycles. The van der Waals surface area contributed by atoms with Crippen LogP contribution in [0.4, 0.5) is 15.8 Å². The van der Waals surface area contributed by atoms with Gasteiger partial charge in [-0.05, 0) is 75.1 Å². The molecule has 220 valence electrons. The molecule has 0 aliphatic carbocycles. The van der Waals surface area contributed by atoms with Gasteiger partial charge in [0.15, 0.2) is 0 Å². The summed E-state index contributed by atoms with van der Waals surface area (Å²) in [6, 6.07) is 13.3. The molecule has 11 heteroatoms. The van der Waals surface area contributed by atoms with Crippen LogP contribution in [0.5, 0.6) is 0 Å². The van der Waals surface area contributed by atoms with Crippen molar-refractivity contribution < 1.29 is 18.8 Å². The Kier molecular flexibility index (Phi) is 7.97. The summed E-state index contributed by atoms with van der Waals surface area (Å²) in [5.74, 6) is -2.62. The van der Waals surface area contributed by atoms with Gasteiger partial charge in [-0.2, -0.15) is 0 Å². The van der Waals surface area contributed by atoms with E-state index < -0.39 is 28.8 Å². The maximum Gasteiger partial charge on any atom is 0.308 e. The minimum atomic E-state index is -0.784. The zero-order valence-corrected chi connectivity index (χ0v) is 25.3. The van der Waals surface area contributed by atoms with Gasteiger partial charge in [-0.25, -0.2) is 9.29 Å². The predicted octanol–water partition coefficient (Wildman–Crippen LogP) is 4.70. The van der Waals surface area contributed by atoms with Gasteiger partial charge in [-0.1, -0.05) is 35.2 Å². The minimum Gasteiger partial charge on any atom is -0.372 e. The molecular weight excluding hydrogens is 575 g/mol. The largest absolute Gasteiger partial charge is 0.372 e. The minimum absolute atomic E-state index is 0.0908. The zero-order chi connectivity index (χ0) is 29.5. The van der Waals surface area contributed by atoms with E-state index in [1.807, 2.05) is 24.3 Å². The first-order valence-corrected chi connectivity index (χ1v) is 16.2. The van der Waals surface area contributed by atoms with E-state index in [1.165, 1.54) is 40.6 Å². The van der Waals surface area contributed by atoms with E-state index >= 15 is 0 Å². The summed E-state index contributed by atoms with van der Waals surface area (Å²) in [6.45, 7) is 7.14. The van der Waals surface area contributed by atoms with Crippen LogP contribution >= 0.6 is 23.1 Å². The quantitative estimate of drug-likeness (QED) is 0.362. The highest BCUT2D eigenvalue weighted by molar-refractivity contribution is 8.00. The summed E-state index contributed by atoms with van der Waals surface area (Å²) in [5.41, 5.74) is 2.20. The van der Waals surface area contributed by atoms with Crippen LogP contribution in [-0.2, 0) is 20.9 Å². The number of fused-ring (bicyclic) bond motifs is 2. The molecule has 3 aromatic rings. The summed E-state index contributed by atoms with van der Waals surface area (Å²) in [5, 5.41) is -0.204. The molecule has 8 nitrogen and oxygen atoms in total. The summed E-state index contributed by atoms with van der Waals surface area (Å²) in [4.78, 5) is 60.1. The van der Waals surface area contributed by atoms with Gasteiger partial charge < -0.3 is 9.80 Å². The second-order valence-electron chi connectivity index (χ2n) is 10.9. The van der Waals surface area contributed by atoms with E-state index in [9.17, 15) is 23.6 Å². The van der Waals surface area contributed by atoms with Gasteiger partial charge in [0.2, 0.25) is 17.7 Å². The maximum absolute atomic E-state index is 14.0. The van der Waals surface area contributed by atoms with Crippen molar-refractivity contribution in [2.75, 3.05) is 36.0 Å². The lowest BCUT2D eigenvalue weighted by Crippen LogP contribution is -2.39. The summed E-state index contributed by atoms with van der Waals surface area (Å²) < 4.78 is 15.2. The van der Waals surface area contributed by atoms with Gasteiger partial charge >= 0.3 is 4.87 Å². The second kappa shape index (κ2) is 11.7. The Morgan fingerprint density at radius 1 is 0.929 bits per heavy atom. The number of piperidine rings is 1. The van der Waals surface area contributed by atoms with Crippen LogP contribution in [-0.4, -0.2) is 58.6 Å².